The Morgan fingerprint density at radius 1 is 1.33 bits per heavy atom. The van der Waals surface area contributed by atoms with Crippen molar-refractivity contribution in [2.24, 2.45) is 11.7 Å². The van der Waals surface area contributed by atoms with E-state index in [0.29, 0.717) is 13.0 Å². The van der Waals surface area contributed by atoms with Crippen molar-refractivity contribution in [3.63, 3.8) is 0 Å². The lowest BCUT2D eigenvalue weighted by Crippen LogP contribution is -2.44. The molecule has 0 saturated carbocycles. The molecule has 0 amide bonds. The van der Waals surface area contributed by atoms with Crippen molar-refractivity contribution in [1.29, 1.82) is 5.41 Å². The van der Waals surface area contributed by atoms with Gasteiger partial charge in [0, 0.05) is 19.0 Å². The summed E-state index contributed by atoms with van der Waals surface area (Å²) in [4.78, 5) is 1.82. The summed E-state index contributed by atoms with van der Waals surface area (Å²) in [5, 5.41) is 7.49. The second-order valence-electron chi connectivity index (χ2n) is 5.53. The number of hydrogen-bond donors (Lipinski definition) is 2. The molecule has 1 aliphatic heterocycles. The second kappa shape index (κ2) is 6.47. The number of likely N-dealkylation sites (tertiary alicyclic amines) is 1. The lowest BCUT2D eigenvalue weighted by atomic mass is 9.93. The Hall–Kier alpha value is -1.56. The fourth-order valence-electron chi connectivity index (χ4n) is 2.90. The van der Waals surface area contributed by atoms with Gasteiger partial charge in [-0.15, -0.1) is 0 Å². The Labute approximate surface area is 122 Å². The number of rotatable bonds is 4. The zero-order chi connectivity index (χ0) is 15.5. The first-order valence-corrected chi connectivity index (χ1v) is 7.06. The molecule has 116 valence electrons. The van der Waals surface area contributed by atoms with Crippen molar-refractivity contribution in [2.45, 2.75) is 31.5 Å². The minimum atomic E-state index is -4.16. The van der Waals surface area contributed by atoms with Crippen molar-refractivity contribution in [3.8, 4) is 0 Å². The first-order chi connectivity index (χ1) is 9.88. The van der Waals surface area contributed by atoms with Crippen LogP contribution in [0.3, 0.4) is 0 Å². The van der Waals surface area contributed by atoms with Gasteiger partial charge in [-0.1, -0.05) is 30.3 Å². The van der Waals surface area contributed by atoms with Gasteiger partial charge in [-0.05, 0) is 24.9 Å². The van der Waals surface area contributed by atoms with Gasteiger partial charge in [-0.25, -0.2) is 0 Å². The van der Waals surface area contributed by atoms with Crippen LogP contribution in [0, 0.1) is 11.3 Å². The Kier molecular flexibility index (Phi) is 4.88. The van der Waals surface area contributed by atoms with Crippen LogP contribution in [0.2, 0.25) is 0 Å². The Morgan fingerprint density at radius 3 is 2.57 bits per heavy atom. The van der Waals surface area contributed by atoms with Crippen LogP contribution in [0.1, 0.15) is 30.9 Å². The van der Waals surface area contributed by atoms with E-state index in [1.807, 2.05) is 35.2 Å². The number of benzene rings is 1. The van der Waals surface area contributed by atoms with Crippen molar-refractivity contribution in [3.05, 3.63) is 35.9 Å². The first kappa shape index (κ1) is 15.8. The number of alkyl halides is 3. The maximum Gasteiger partial charge on any atom is 0.393 e. The van der Waals surface area contributed by atoms with Crippen LogP contribution in [0.25, 0.3) is 0 Å². The molecule has 21 heavy (non-hydrogen) atoms. The summed E-state index contributed by atoms with van der Waals surface area (Å²) in [6.45, 7) is 0.593. The van der Waals surface area contributed by atoms with Crippen molar-refractivity contribution in [1.82, 2.24) is 4.90 Å². The van der Waals surface area contributed by atoms with E-state index in [0.717, 1.165) is 5.56 Å². The molecule has 0 radical (unpaired) electrons. The Morgan fingerprint density at radius 2 is 2.00 bits per heavy atom. The average Bonchev–Trinajstić information content (AvgIpc) is 2.45. The third-order valence-corrected chi connectivity index (χ3v) is 3.95. The summed E-state index contributed by atoms with van der Waals surface area (Å²) in [5.74, 6) is -1.29. The monoisotopic (exact) mass is 299 g/mol. The molecule has 0 spiro atoms. The van der Waals surface area contributed by atoms with E-state index in [9.17, 15) is 13.2 Å². The summed E-state index contributed by atoms with van der Waals surface area (Å²) in [6.07, 6.45) is -3.20. The standard InChI is InChI=1S/C15H20F3N3/c16-15(17,18)12-7-4-8-21(10-12)13(9-14(19)20)11-5-2-1-3-6-11/h1-3,5-6,12-13H,4,7-10H2,(H3,19,20). The normalized spacial score (nSPS) is 22.0. The molecule has 3 N–H and O–H groups in total. The highest BCUT2D eigenvalue weighted by atomic mass is 19.4. The van der Waals surface area contributed by atoms with Crippen LogP contribution >= 0.6 is 0 Å². The molecule has 0 aliphatic carbocycles. The second-order valence-corrected chi connectivity index (χ2v) is 5.53. The highest BCUT2D eigenvalue weighted by Gasteiger charge is 2.43. The molecule has 2 rings (SSSR count). The highest BCUT2D eigenvalue weighted by Crippen LogP contribution is 2.36. The summed E-state index contributed by atoms with van der Waals surface area (Å²) >= 11 is 0. The van der Waals surface area contributed by atoms with Gasteiger partial charge in [-0.2, -0.15) is 13.2 Å². The fraction of sp³-hybridized carbons (Fsp3) is 0.533. The molecule has 1 aliphatic rings. The molecule has 1 saturated heterocycles. The number of hydrogen-bond acceptors (Lipinski definition) is 2. The number of nitrogens with zero attached hydrogens (tertiary/aromatic N) is 1. The lowest BCUT2D eigenvalue weighted by molar-refractivity contribution is -0.188. The van der Waals surface area contributed by atoms with E-state index in [1.165, 1.54) is 0 Å². The van der Waals surface area contributed by atoms with Gasteiger partial charge < -0.3 is 5.73 Å². The topological polar surface area (TPSA) is 53.1 Å². The summed E-state index contributed by atoms with van der Waals surface area (Å²) in [6, 6.07) is 9.08. The molecular formula is C15H20F3N3. The van der Waals surface area contributed by atoms with Gasteiger partial charge in [0.05, 0.1) is 11.8 Å². The van der Waals surface area contributed by atoms with Crippen LogP contribution in [0.4, 0.5) is 13.2 Å². The molecule has 6 heteroatoms. The minimum absolute atomic E-state index is 0.00187. The van der Waals surface area contributed by atoms with Crippen LogP contribution in [-0.4, -0.2) is 30.0 Å². The molecule has 2 unspecified atom stereocenters. The molecule has 2 atom stereocenters. The Balaban J connectivity index is 2.19. The largest absolute Gasteiger partial charge is 0.393 e. The average molecular weight is 299 g/mol. The van der Waals surface area contributed by atoms with E-state index in [2.05, 4.69) is 0 Å². The third-order valence-electron chi connectivity index (χ3n) is 3.95. The van der Waals surface area contributed by atoms with Gasteiger partial charge in [0.2, 0.25) is 0 Å². The van der Waals surface area contributed by atoms with Gasteiger partial charge in [0.1, 0.15) is 0 Å². The van der Waals surface area contributed by atoms with Crippen molar-refractivity contribution in [2.75, 3.05) is 13.1 Å². The predicted octanol–water partition coefficient (Wildman–Crippen LogP) is 3.33. The minimum Gasteiger partial charge on any atom is -0.388 e. The SMILES string of the molecule is N=C(N)CC(c1ccccc1)N1CCCC(C(F)(F)F)C1. The number of nitrogens with one attached hydrogen (secondary N) is 1. The Bertz CT molecular complexity index is 473. The summed E-state index contributed by atoms with van der Waals surface area (Å²) in [7, 11) is 0. The van der Waals surface area contributed by atoms with E-state index in [4.69, 9.17) is 11.1 Å². The fourth-order valence-corrected chi connectivity index (χ4v) is 2.90. The van der Waals surface area contributed by atoms with E-state index in [1.54, 1.807) is 0 Å². The highest BCUT2D eigenvalue weighted by molar-refractivity contribution is 5.77. The number of halogens is 3. The molecule has 1 aromatic rings. The first-order valence-electron chi connectivity index (χ1n) is 7.06. The zero-order valence-electron chi connectivity index (χ0n) is 11.7. The molecule has 0 aromatic heterocycles. The lowest BCUT2D eigenvalue weighted by Gasteiger charge is -2.39. The van der Waals surface area contributed by atoms with Crippen LogP contribution < -0.4 is 5.73 Å². The van der Waals surface area contributed by atoms with E-state index < -0.39 is 12.1 Å². The van der Waals surface area contributed by atoms with E-state index in [-0.39, 0.29) is 31.3 Å². The molecule has 1 aromatic carbocycles. The van der Waals surface area contributed by atoms with Gasteiger partial charge in [0.25, 0.3) is 0 Å². The van der Waals surface area contributed by atoms with E-state index >= 15 is 0 Å². The summed E-state index contributed by atoms with van der Waals surface area (Å²) in [5.41, 5.74) is 6.40. The molecule has 3 nitrogen and oxygen atoms in total. The number of nitrogens with two attached hydrogens (primary N) is 1. The number of amidine groups is 1. The van der Waals surface area contributed by atoms with Crippen molar-refractivity contribution < 1.29 is 13.2 Å². The molecule has 1 heterocycles. The van der Waals surface area contributed by atoms with Gasteiger partial charge in [0.15, 0.2) is 0 Å². The molecular weight excluding hydrogens is 279 g/mol. The smallest absolute Gasteiger partial charge is 0.388 e. The van der Waals surface area contributed by atoms with Gasteiger partial charge >= 0.3 is 6.18 Å². The quantitative estimate of drug-likeness (QED) is 0.662. The van der Waals surface area contributed by atoms with Crippen LogP contribution in [-0.2, 0) is 0 Å². The zero-order valence-corrected chi connectivity index (χ0v) is 11.7. The molecule has 1 fully saturated rings. The third kappa shape index (κ3) is 4.20. The van der Waals surface area contributed by atoms with Crippen molar-refractivity contribution >= 4 is 5.84 Å². The number of piperidine rings is 1. The van der Waals surface area contributed by atoms with Crippen LogP contribution in [0.15, 0.2) is 30.3 Å². The maximum atomic E-state index is 12.9. The predicted molar refractivity (Wildman–Crippen MR) is 76.1 cm³/mol. The van der Waals surface area contributed by atoms with Gasteiger partial charge in [-0.3, -0.25) is 10.3 Å². The summed E-state index contributed by atoms with van der Waals surface area (Å²) < 4.78 is 38.8. The maximum absolute atomic E-state index is 12.9. The molecule has 0 bridgehead atoms. The van der Waals surface area contributed by atoms with Crippen LogP contribution in [0.5, 0.6) is 0 Å².